The average molecular weight is 413 g/mol. The lowest BCUT2D eigenvalue weighted by Gasteiger charge is -2.38. The molecule has 2 heterocycles. The number of benzene rings is 3. The lowest BCUT2D eigenvalue weighted by molar-refractivity contribution is 0.0646. The highest BCUT2D eigenvalue weighted by Crippen LogP contribution is 2.46. The van der Waals surface area contributed by atoms with Crippen molar-refractivity contribution in [2.24, 2.45) is 5.73 Å². The van der Waals surface area contributed by atoms with Crippen LogP contribution in [0, 0.1) is 0 Å². The number of likely N-dealkylation sites (tertiary alicyclic amines) is 1. The van der Waals surface area contributed by atoms with Crippen molar-refractivity contribution in [3.05, 3.63) is 101 Å². The first-order valence-corrected chi connectivity index (χ1v) is 11.1. The van der Waals surface area contributed by atoms with Gasteiger partial charge in [-0.25, -0.2) is 0 Å². The third-order valence-electron chi connectivity index (χ3n) is 6.81. The second-order valence-corrected chi connectivity index (χ2v) is 8.76. The number of ether oxygens (including phenoxy) is 1. The number of nitrogens with two attached hydrogens (primary N) is 1. The first-order chi connectivity index (χ1) is 15.2. The zero-order valence-electron chi connectivity index (χ0n) is 17.7. The number of nitrogens with zero attached hydrogens (tertiary/aromatic N) is 1. The normalized spacial score (nSPS) is 16.7. The molecule has 31 heavy (non-hydrogen) atoms. The maximum atomic E-state index is 13.1. The SMILES string of the molecule is NCc1ccc2c(c1)C1(CCN(C(=O)c3ccc(Cc4ccccc4)cc3)CC1)CO2. The highest BCUT2D eigenvalue weighted by Gasteiger charge is 2.43. The van der Waals surface area contributed by atoms with Gasteiger partial charge in [0.2, 0.25) is 0 Å². The summed E-state index contributed by atoms with van der Waals surface area (Å²) in [5.74, 6) is 1.10. The molecule has 0 aliphatic carbocycles. The van der Waals surface area contributed by atoms with Crippen molar-refractivity contribution < 1.29 is 9.53 Å². The van der Waals surface area contributed by atoms with Gasteiger partial charge in [0.15, 0.2) is 0 Å². The number of hydrogen-bond acceptors (Lipinski definition) is 3. The van der Waals surface area contributed by atoms with Gasteiger partial charge in [-0.2, -0.15) is 0 Å². The summed E-state index contributed by atoms with van der Waals surface area (Å²) >= 11 is 0. The van der Waals surface area contributed by atoms with Crippen LogP contribution in [0.1, 0.15) is 45.5 Å². The van der Waals surface area contributed by atoms with Gasteiger partial charge in [-0.3, -0.25) is 4.79 Å². The Hall–Kier alpha value is -3.11. The zero-order chi connectivity index (χ0) is 21.3. The Kier molecular flexibility index (Phi) is 5.24. The minimum atomic E-state index is 0.0107. The lowest BCUT2D eigenvalue weighted by Crippen LogP contribution is -2.46. The van der Waals surface area contributed by atoms with E-state index >= 15 is 0 Å². The van der Waals surface area contributed by atoms with Crippen molar-refractivity contribution in [1.82, 2.24) is 4.90 Å². The molecule has 0 saturated carbocycles. The van der Waals surface area contributed by atoms with Crippen LogP contribution in [-0.4, -0.2) is 30.5 Å². The molecule has 4 heteroatoms. The van der Waals surface area contributed by atoms with Gasteiger partial charge in [0.25, 0.3) is 5.91 Å². The van der Waals surface area contributed by atoms with E-state index in [9.17, 15) is 4.79 Å². The van der Waals surface area contributed by atoms with E-state index in [2.05, 4.69) is 42.5 Å². The monoisotopic (exact) mass is 412 g/mol. The predicted octanol–water partition coefficient (Wildman–Crippen LogP) is 4.30. The Bertz CT molecular complexity index is 1070. The number of hydrogen-bond donors (Lipinski definition) is 1. The molecule has 2 aliphatic heterocycles. The summed E-state index contributed by atoms with van der Waals surface area (Å²) in [6.07, 6.45) is 2.73. The topological polar surface area (TPSA) is 55.6 Å². The summed E-state index contributed by atoms with van der Waals surface area (Å²) in [6, 6.07) is 24.8. The summed E-state index contributed by atoms with van der Waals surface area (Å²) in [4.78, 5) is 15.1. The van der Waals surface area contributed by atoms with Gasteiger partial charge in [0, 0.05) is 36.2 Å². The van der Waals surface area contributed by atoms with Crippen LogP contribution < -0.4 is 10.5 Å². The molecule has 3 aromatic rings. The molecule has 0 aromatic heterocycles. The van der Waals surface area contributed by atoms with E-state index in [1.807, 2.05) is 35.2 Å². The summed E-state index contributed by atoms with van der Waals surface area (Å²) in [7, 11) is 0. The van der Waals surface area contributed by atoms with Gasteiger partial charge in [-0.1, -0.05) is 54.6 Å². The van der Waals surface area contributed by atoms with Crippen LogP contribution in [0.5, 0.6) is 5.75 Å². The molecule has 5 rings (SSSR count). The van der Waals surface area contributed by atoms with E-state index in [1.54, 1.807) is 0 Å². The highest BCUT2D eigenvalue weighted by molar-refractivity contribution is 5.94. The molecule has 1 fully saturated rings. The van der Waals surface area contributed by atoms with E-state index in [0.29, 0.717) is 13.2 Å². The summed E-state index contributed by atoms with van der Waals surface area (Å²) in [5.41, 5.74) is 11.5. The minimum absolute atomic E-state index is 0.0107. The van der Waals surface area contributed by atoms with Crippen LogP contribution >= 0.6 is 0 Å². The van der Waals surface area contributed by atoms with E-state index in [1.165, 1.54) is 16.7 Å². The third-order valence-corrected chi connectivity index (χ3v) is 6.81. The van der Waals surface area contributed by atoms with Crippen molar-refractivity contribution in [2.45, 2.75) is 31.2 Å². The number of amides is 1. The van der Waals surface area contributed by atoms with Crippen molar-refractivity contribution >= 4 is 5.91 Å². The number of carbonyl (C=O) groups is 1. The van der Waals surface area contributed by atoms with E-state index < -0.39 is 0 Å². The Balaban J connectivity index is 1.25. The minimum Gasteiger partial charge on any atom is -0.492 e. The van der Waals surface area contributed by atoms with Crippen molar-refractivity contribution in [3.8, 4) is 5.75 Å². The fourth-order valence-electron chi connectivity index (χ4n) is 4.87. The molecular formula is C27H28N2O2. The maximum absolute atomic E-state index is 13.1. The molecule has 3 aromatic carbocycles. The van der Waals surface area contributed by atoms with Crippen LogP contribution in [0.3, 0.4) is 0 Å². The summed E-state index contributed by atoms with van der Waals surface area (Å²) < 4.78 is 5.99. The number of fused-ring (bicyclic) bond motifs is 2. The quantitative estimate of drug-likeness (QED) is 0.695. The molecule has 0 radical (unpaired) electrons. The molecule has 1 saturated heterocycles. The fraction of sp³-hybridized carbons (Fsp3) is 0.296. The Morgan fingerprint density at radius 1 is 0.903 bits per heavy atom. The number of rotatable bonds is 4. The van der Waals surface area contributed by atoms with Crippen LogP contribution in [0.25, 0.3) is 0 Å². The van der Waals surface area contributed by atoms with Gasteiger partial charge >= 0.3 is 0 Å². The number of carbonyl (C=O) groups excluding carboxylic acids is 1. The molecule has 1 amide bonds. The summed E-state index contributed by atoms with van der Waals surface area (Å²) in [5, 5.41) is 0. The predicted molar refractivity (Wildman–Crippen MR) is 122 cm³/mol. The maximum Gasteiger partial charge on any atom is 0.253 e. The van der Waals surface area contributed by atoms with Gasteiger partial charge in [0.1, 0.15) is 5.75 Å². The largest absolute Gasteiger partial charge is 0.492 e. The highest BCUT2D eigenvalue weighted by atomic mass is 16.5. The Morgan fingerprint density at radius 2 is 1.58 bits per heavy atom. The van der Waals surface area contributed by atoms with Gasteiger partial charge in [-0.15, -0.1) is 0 Å². The van der Waals surface area contributed by atoms with Gasteiger partial charge < -0.3 is 15.4 Å². The molecular weight excluding hydrogens is 384 g/mol. The standard InChI is InChI=1S/C27H28N2O2/c28-18-22-8-11-25-24(17-22)27(19-31-25)12-14-29(15-13-27)26(30)23-9-6-21(7-10-23)16-20-4-2-1-3-5-20/h1-11,17H,12-16,18-19,28H2. The molecule has 4 nitrogen and oxygen atoms in total. The molecule has 158 valence electrons. The van der Waals surface area contributed by atoms with Crippen LogP contribution in [0.15, 0.2) is 72.8 Å². The molecule has 0 bridgehead atoms. The second-order valence-electron chi connectivity index (χ2n) is 8.76. The van der Waals surface area contributed by atoms with E-state index in [4.69, 9.17) is 10.5 Å². The average Bonchev–Trinajstić information content (AvgIpc) is 3.17. The van der Waals surface area contributed by atoms with Crippen molar-refractivity contribution in [3.63, 3.8) is 0 Å². The second kappa shape index (κ2) is 8.20. The fourth-order valence-corrected chi connectivity index (χ4v) is 4.87. The molecule has 0 unspecified atom stereocenters. The lowest BCUT2D eigenvalue weighted by atomic mass is 9.74. The van der Waals surface area contributed by atoms with Gasteiger partial charge in [0.05, 0.1) is 6.61 Å². The molecule has 2 N–H and O–H groups in total. The van der Waals surface area contributed by atoms with Crippen LogP contribution in [0.4, 0.5) is 0 Å². The third kappa shape index (κ3) is 3.84. The van der Waals surface area contributed by atoms with E-state index in [-0.39, 0.29) is 11.3 Å². The first kappa shape index (κ1) is 19.8. The Labute approximate surface area is 183 Å². The van der Waals surface area contributed by atoms with Crippen molar-refractivity contribution in [2.75, 3.05) is 19.7 Å². The smallest absolute Gasteiger partial charge is 0.253 e. The first-order valence-electron chi connectivity index (χ1n) is 11.1. The van der Waals surface area contributed by atoms with Crippen LogP contribution in [-0.2, 0) is 18.4 Å². The molecule has 2 aliphatic rings. The molecule has 1 spiro atoms. The zero-order valence-corrected chi connectivity index (χ0v) is 17.7. The molecule has 0 atom stereocenters. The van der Waals surface area contributed by atoms with E-state index in [0.717, 1.165) is 49.2 Å². The summed E-state index contributed by atoms with van der Waals surface area (Å²) in [6.45, 7) is 2.74. The van der Waals surface area contributed by atoms with Gasteiger partial charge in [-0.05, 0) is 54.2 Å². The number of piperidine rings is 1. The van der Waals surface area contributed by atoms with Crippen molar-refractivity contribution in [1.29, 1.82) is 0 Å². The van der Waals surface area contributed by atoms with Crippen LogP contribution in [0.2, 0.25) is 0 Å². The Morgan fingerprint density at radius 3 is 2.29 bits per heavy atom.